The molecule has 0 saturated carbocycles. The number of fused-ring (bicyclic) bond motifs is 2. The Labute approximate surface area is 248 Å². The Balaban J connectivity index is 1.65. The van der Waals surface area contributed by atoms with Crippen molar-refractivity contribution in [1.82, 2.24) is 0 Å². The smallest absolute Gasteiger partial charge is 0.238 e. The number of hydrogen-bond donors (Lipinski definition) is 10. The van der Waals surface area contributed by atoms with Crippen LogP contribution in [0.1, 0.15) is 11.1 Å². The van der Waals surface area contributed by atoms with Crippen molar-refractivity contribution in [3.8, 4) is 80.1 Å². The topological polar surface area (TPSA) is 263 Å². The molecule has 14 heteroatoms. The molecule has 0 radical (unpaired) electrons. The van der Waals surface area contributed by atoms with Gasteiger partial charge in [0.1, 0.15) is 44.9 Å². The van der Waals surface area contributed by atoms with Gasteiger partial charge in [-0.05, 0) is 36.4 Å². The van der Waals surface area contributed by atoms with E-state index >= 15 is 0 Å². The largest absolute Gasteiger partial charge is 0.507 e. The van der Waals surface area contributed by atoms with E-state index in [1.54, 1.807) is 0 Å². The molecule has 0 saturated heterocycles. The number of phenols is 8. The summed E-state index contributed by atoms with van der Waals surface area (Å²) in [5, 5.41) is 102. The third-order valence-electron chi connectivity index (χ3n) is 7.23. The summed E-state index contributed by atoms with van der Waals surface area (Å²) in [6.07, 6.45) is -0.618. The van der Waals surface area contributed by atoms with Gasteiger partial charge in [-0.1, -0.05) is 0 Å². The summed E-state index contributed by atoms with van der Waals surface area (Å²) in [5.41, 5.74) is -4.04. The number of aromatic hydroxyl groups is 10. The molecule has 0 unspecified atom stereocenters. The maximum atomic E-state index is 13.2. The molecule has 0 atom stereocenters. The summed E-state index contributed by atoms with van der Waals surface area (Å²) >= 11 is 0. The van der Waals surface area contributed by atoms with Gasteiger partial charge < -0.3 is 59.9 Å². The van der Waals surface area contributed by atoms with Crippen LogP contribution in [0, 0.1) is 0 Å². The second kappa shape index (κ2) is 9.95. The average Bonchev–Trinajstić information content (AvgIpc) is 2.98. The van der Waals surface area contributed by atoms with Gasteiger partial charge in [-0.2, -0.15) is 0 Å². The molecule has 2 aromatic heterocycles. The molecule has 4 aromatic carbocycles. The van der Waals surface area contributed by atoms with E-state index in [2.05, 4.69) is 0 Å². The van der Waals surface area contributed by atoms with E-state index in [4.69, 9.17) is 8.83 Å². The summed E-state index contributed by atoms with van der Waals surface area (Å²) in [6.45, 7) is 0. The number of phenolic OH excluding ortho intramolecular Hbond substituents is 8. The fourth-order valence-electron chi connectivity index (χ4n) is 4.99. The lowest BCUT2D eigenvalue weighted by Gasteiger charge is -2.15. The molecular weight excluding hydrogens is 596 g/mol. The first-order valence-corrected chi connectivity index (χ1v) is 12.8. The zero-order valence-corrected chi connectivity index (χ0v) is 22.4. The van der Waals surface area contributed by atoms with Gasteiger partial charge in [0, 0.05) is 40.8 Å². The van der Waals surface area contributed by atoms with Crippen LogP contribution in [-0.4, -0.2) is 51.1 Å². The highest BCUT2D eigenvalue weighted by molar-refractivity contribution is 5.94. The average molecular weight is 616 g/mol. The van der Waals surface area contributed by atoms with Crippen molar-refractivity contribution in [2.75, 3.05) is 0 Å². The first kappa shape index (κ1) is 28.4. The van der Waals surface area contributed by atoms with Crippen molar-refractivity contribution in [3.05, 3.63) is 80.1 Å². The van der Waals surface area contributed by atoms with Crippen molar-refractivity contribution in [1.29, 1.82) is 0 Å². The molecular formula is C31H20O14. The molecule has 0 spiro atoms. The van der Waals surface area contributed by atoms with E-state index in [0.29, 0.717) is 0 Å². The molecule has 0 aliphatic heterocycles. The van der Waals surface area contributed by atoms with E-state index in [1.165, 1.54) is 12.1 Å². The molecule has 6 aromatic rings. The normalized spacial score (nSPS) is 11.4. The van der Waals surface area contributed by atoms with E-state index in [1.807, 2.05) is 0 Å². The molecule has 0 bridgehead atoms. The summed E-state index contributed by atoms with van der Waals surface area (Å²) in [4.78, 5) is 26.4. The Morgan fingerprint density at radius 2 is 0.822 bits per heavy atom. The van der Waals surface area contributed by atoms with Gasteiger partial charge in [-0.15, -0.1) is 0 Å². The fourth-order valence-corrected chi connectivity index (χ4v) is 4.99. The van der Waals surface area contributed by atoms with Crippen LogP contribution >= 0.6 is 0 Å². The van der Waals surface area contributed by atoms with Gasteiger partial charge in [0.15, 0.2) is 34.5 Å². The van der Waals surface area contributed by atoms with E-state index in [9.17, 15) is 60.7 Å². The van der Waals surface area contributed by atoms with Gasteiger partial charge in [0.25, 0.3) is 0 Å². The molecule has 0 aliphatic rings. The van der Waals surface area contributed by atoms with Gasteiger partial charge in [-0.3, -0.25) is 9.59 Å². The molecule has 2 heterocycles. The lowest BCUT2D eigenvalue weighted by Crippen LogP contribution is -2.07. The minimum absolute atomic E-state index is 0.0863. The summed E-state index contributed by atoms with van der Waals surface area (Å²) < 4.78 is 11.6. The highest BCUT2D eigenvalue weighted by Crippen LogP contribution is 2.44. The van der Waals surface area contributed by atoms with Crippen LogP contribution in [0.5, 0.6) is 57.5 Å². The predicted octanol–water partition coefficient (Wildman–Crippen LogP) is 3.88. The van der Waals surface area contributed by atoms with E-state index in [-0.39, 0.29) is 22.3 Å². The Morgan fingerprint density at radius 1 is 0.444 bits per heavy atom. The van der Waals surface area contributed by atoms with Crippen molar-refractivity contribution < 1.29 is 59.9 Å². The van der Waals surface area contributed by atoms with Crippen LogP contribution in [0.3, 0.4) is 0 Å². The SMILES string of the molecule is O=c1c(O)c(-c2ccc(O)c(O)c2)oc2c(Cc3c(O)cc(O)c4c(=O)c(O)c(-c5ccc(O)c(O)c5)oc34)c(O)cc(O)c12. The molecule has 228 valence electrons. The summed E-state index contributed by atoms with van der Waals surface area (Å²) in [6, 6.07) is 8.00. The third-order valence-corrected chi connectivity index (χ3v) is 7.23. The van der Waals surface area contributed by atoms with Gasteiger partial charge in [0.2, 0.25) is 22.4 Å². The predicted molar refractivity (Wildman–Crippen MR) is 155 cm³/mol. The maximum Gasteiger partial charge on any atom is 0.238 e. The zero-order valence-electron chi connectivity index (χ0n) is 22.4. The first-order chi connectivity index (χ1) is 21.3. The van der Waals surface area contributed by atoms with E-state index in [0.717, 1.165) is 36.4 Å². The Bertz CT molecular complexity index is 2190. The Hall–Kier alpha value is -6.70. The van der Waals surface area contributed by atoms with Crippen molar-refractivity contribution in [3.63, 3.8) is 0 Å². The van der Waals surface area contributed by atoms with Crippen LogP contribution in [-0.2, 0) is 6.42 Å². The molecule has 6 rings (SSSR count). The number of benzene rings is 4. The monoisotopic (exact) mass is 616 g/mol. The second-order valence-corrected chi connectivity index (χ2v) is 10.00. The van der Waals surface area contributed by atoms with Gasteiger partial charge >= 0.3 is 0 Å². The quantitative estimate of drug-likeness (QED) is 0.126. The van der Waals surface area contributed by atoms with Crippen LogP contribution in [0.2, 0.25) is 0 Å². The van der Waals surface area contributed by atoms with Gasteiger partial charge in [-0.25, -0.2) is 0 Å². The minimum Gasteiger partial charge on any atom is -0.507 e. The molecule has 0 aliphatic carbocycles. The molecule has 14 nitrogen and oxygen atoms in total. The van der Waals surface area contributed by atoms with E-state index < -0.39 is 108 Å². The Morgan fingerprint density at radius 3 is 1.18 bits per heavy atom. The first-order valence-electron chi connectivity index (χ1n) is 12.8. The molecule has 0 fully saturated rings. The third kappa shape index (κ3) is 4.36. The van der Waals surface area contributed by atoms with Crippen molar-refractivity contribution in [2.45, 2.75) is 6.42 Å². The molecule has 0 amide bonds. The number of hydrogen-bond acceptors (Lipinski definition) is 14. The maximum absolute atomic E-state index is 13.2. The number of rotatable bonds is 4. The molecule has 45 heavy (non-hydrogen) atoms. The van der Waals surface area contributed by atoms with Crippen LogP contribution in [0.25, 0.3) is 44.6 Å². The summed E-state index contributed by atoms with van der Waals surface area (Å²) in [7, 11) is 0. The standard InChI is InChI=1S/C31H20O14/c32-14-3-1-10(5-18(14)36)28-26(42)24(40)22-20(38)8-16(34)12(30(22)44-28)7-13-17(35)9-21(39)23-25(41)27(43)29(45-31(13)23)11-2-4-15(33)19(37)6-11/h1-6,8-9,32-39,42-43H,7H2. The lowest BCUT2D eigenvalue weighted by atomic mass is 9.97. The minimum atomic E-state index is -1.15. The second-order valence-electron chi connectivity index (χ2n) is 10.00. The van der Waals surface area contributed by atoms with Crippen molar-refractivity contribution >= 4 is 21.9 Å². The Kier molecular flexibility index (Phi) is 6.28. The zero-order chi connectivity index (χ0) is 32.5. The van der Waals surface area contributed by atoms with Crippen LogP contribution in [0.15, 0.2) is 67.0 Å². The fraction of sp³-hybridized carbons (Fsp3) is 0.0323. The highest BCUT2D eigenvalue weighted by Gasteiger charge is 2.27. The molecule has 10 N–H and O–H groups in total. The van der Waals surface area contributed by atoms with Crippen LogP contribution in [0.4, 0.5) is 0 Å². The highest BCUT2D eigenvalue weighted by atomic mass is 16.4. The van der Waals surface area contributed by atoms with Crippen molar-refractivity contribution in [2.24, 2.45) is 0 Å². The summed E-state index contributed by atoms with van der Waals surface area (Å²) in [5.74, 6) is -8.24. The van der Waals surface area contributed by atoms with Gasteiger partial charge in [0.05, 0.1) is 0 Å². The van der Waals surface area contributed by atoms with Crippen LogP contribution < -0.4 is 10.9 Å². The lowest BCUT2D eigenvalue weighted by molar-refractivity contribution is 0.403.